The van der Waals surface area contributed by atoms with Crippen LogP contribution in [0, 0.1) is 6.92 Å². The third-order valence-electron chi connectivity index (χ3n) is 3.25. The number of carbonyl (C=O) groups excluding carboxylic acids is 1. The maximum atomic E-state index is 12.3. The number of nitrogens with one attached hydrogen (secondary N) is 1. The average molecular weight is 316 g/mol. The Morgan fingerprint density at radius 2 is 2.05 bits per heavy atom. The lowest BCUT2D eigenvalue weighted by Gasteiger charge is -2.17. The number of nitrogens with zero attached hydrogens (tertiary/aromatic N) is 1. The molecule has 0 atom stereocenters. The summed E-state index contributed by atoms with van der Waals surface area (Å²) in [6.45, 7) is 9.79. The van der Waals surface area contributed by atoms with Crippen molar-refractivity contribution in [2.75, 3.05) is 39.5 Å². The molecule has 4 nitrogen and oxygen atoms in total. The minimum absolute atomic E-state index is 0.0394. The van der Waals surface area contributed by atoms with Gasteiger partial charge in [0.25, 0.3) is 5.91 Å². The summed E-state index contributed by atoms with van der Waals surface area (Å²) in [5, 5.41) is 2.98. The molecule has 114 valence electrons. The van der Waals surface area contributed by atoms with Gasteiger partial charge in [-0.3, -0.25) is 4.79 Å². The van der Waals surface area contributed by atoms with E-state index in [9.17, 15) is 4.79 Å². The van der Waals surface area contributed by atoms with E-state index in [0.29, 0.717) is 17.2 Å². The molecular formula is C14H24N2O2S2. The summed E-state index contributed by atoms with van der Waals surface area (Å²) in [4.78, 5) is 15.2. The van der Waals surface area contributed by atoms with E-state index in [1.54, 1.807) is 18.9 Å². The first-order chi connectivity index (χ1) is 9.58. The smallest absolute Gasteiger partial charge is 0.265 e. The first-order valence-corrected chi connectivity index (χ1v) is 8.84. The van der Waals surface area contributed by atoms with Crippen LogP contribution in [0.3, 0.4) is 0 Å². The van der Waals surface area contributed by atoms with Gasteiger partial charge in [0, 0.05) is 18.7 Å². The third-order valence-corrected chi connectivity index (χ3v) is 5.75. The molecule has 6 heteroatoms. The van der Waals surface area contributed by atoms with Gasteiger partial charge in [0.15, 0.2) is 0 Å². The van der Waals surface area contributed by atoms with E-state index in [1.807, 2.05) is 13.2 Å². The molecule has 0 bridgehead atoms. The van der Waals surface area contributed by atoms with E-state index < -0.39 is 0 Å². The van der Waals surface area contributed by atoms with E-state index in [2.05, 4.69) is 24.1 Å². The summed E-state index contributed by atoms with van der Waals surface area (Å²) < 4.78 is 6.51. The largest absolute Gasteiger partial charge is 0.495 e. The van der Waals surface area contributed by atoms with Crippen molar-refractivity contribution in [3.63, 3.8) is 0 Å². The van der Waals surface area contributed by atoms with Crippen LogP contribution in [0.15, 0.2) is 4.21 Å². The predicted molar refractivity (Wildman–Crippen MR) is 87.5 cm³/mol. The lowest BCUT2D eigenvalue weighted by molar-refractivity contribution is 0.0950. The highest BCUT2D eigenvalue weighted by Crippen LogP contribution is 2.39. The van der Waals surface area contributed by atoms with E-state index in [4.69, 9.17) is 4.74 Å². The first kappa shape index (κ1) is 17.3. The Bertz CT molecular complexity index is 443. The molecule has 0 aliphatic carbocycles. The maximum absolute atomic E-state index is 12.3. The average Bonchev–Trinajstić information content (AvgIpc) is 2.79. The molecule has 1 aromatic heterocycles. The van der Waals surface area contributed by atoms with Crippen molar-refractivity contribution >= 4 is 29.0 Å². The molecule has 0 saturated heterocycles. The Morgan fingerprint density at radius 3 is 2.55 bits per heavy atom. The van der Waals surface area contributed by atoms with Gasteiger partial charge in [0.2, 0.25) is 0 Å². The van der Waals surface area contributed by atoms with Crippen LogP contribution in [0.1, 0.15) is 29.1 Å². The molecule has 0 saturated carbocycles. The zero-order valence-corrected chi connectivity index (χ0v) is 14.5. The van der Waals surface area contributed by atoms with Gasteiger partial charge in [0.05, 0.1) is 11.3 Å². The van der Waals surface area contributed by atoms with E-state index >= 15 is 0 Å². The van der Waals surface area contributed by atoms with Crippen molar-refractivity contribution in [3.8, 4) is 5.75 Å². The number of thioether (sulfide) groups is 1. The lowest BCUT2D eigenvalue weighted by atomic mass is 10.3. The van der Waals surface area contributed by atoms with Crippen molar-refractivity contribution in [1.29, 1.82) is 0 Å². The van der Waals surface area contributed by atoms with Crippen LogP contribution in [-0.2, 0) is 0 Å². The van der Waals surface area contributed by atoms with Crippen LogP contribution in [0.2, 0.25) is 0 Å². The Morgan fingerprint density at radius 1 is 1.40 bits per heavy atom. The molecule has 1 heterocycles. The van der Waals surface area contributed by atoms with Crippen molar-refractivity contribution in [1.82, 2.24) is 10.2 Å². The molecule has 1 N–H and O–H groups in total. The highest BCUT2D eigenvalue weighted by molar-refractivity contribution is 8.00. The normalized spacial score (nSPS) is 10.9. The monoisotopic (exact) mass is 316 g/mol. The second-order valence-corrected chi connectivity index (χ2v) is 6.46. The Labute approximate surface area is 129 Å². The molecule has 1 rings (SSSR count). The molecule has 0 spiro atoms. The number of ether oxygens (including phenoxy) is 1. The molecule has 1 aromatic rings. The molecule has 0 aliphatic heterocycles. The standard InChI is InChI=1S/C14H24N2O2S2/c1-6-16(7-2)9-8-15-13(17)12-11(18-4)10(3)14(19-5)20-12/h6-9H2,1-5H3,(H,15,17). The summed E-state index contributed by atoms with van der Waals surface area (Å²) in [6.07, 6.45) is 2.01. The minimum Gasteiger partial charge on any atom is -0.495 e. The van der Waals surface area contributed by atoms with Crippen molar-refractivity contribution in [3.05, 3.63) is 10.4 Å². The second-order valence-electron chi connectivity index (χ2n) is 4.36. The van der Waals surface area contributed by atoms with E-state index in [1.165, 1.54) is 11.3 Å². The highest BCUT2D eigenvalue weighted by Gasteiger charge is 2.20. The predicted octanol–water partition coefficient (Wildman–Crippen LogP) is 2.86. The van der Waals surface area contributed by atoms with Gasteiger partial charge in [-0.2, -0.15) is 0 Å². The molecule has 0 aliphatic rings. The van der Waals surface area contributed by atoms with Crippen LogP contribution >= 0.6 is 23.1 Å². The topological polar surface area (TPSA) is 41.6 Å². The van der Waals surface area contributed by atoms with Crippen LogP contribution < -0.4 is 10.1 Å². The fourth-order valence-electron chi connectivity index (χ4n) is 2.02. The van der Waals surface area contributed by atoms with Crippen LogP contribution in [0.5, 0.6) is 5.75 Å². The fraction of sp³-hybridized carbons (Fsp3) is 0.643. The Kier molecular flexibility index (Phi) is 7.40. The molecule has 0 unspecified atom stereocenters. The van der Waals surface area contributed by atoms with Gasteiger partial charge in [-0.1, -0.05) is 13.8 Å². The number of hydrogen-bond donors (Lipinski definition) is 1. The summed E-state index contributed by atoms with van der Waals surface area (Å²) >= 11 is 3.15. The molecule has 1 amide bonds. The Hall–Kier alpha value is -0.720. The third kappa shape index (κ3) is 4.14. The van der Waals surface area contributed by atoms with Gasteiger partial charge >= 0.3 is 0 Å². The summed E-state index contributed by atoms with van der Waals surface area (Å²) in [5.74, 6) is 0.669. The minimum atomic E-state index is -0.0394. The molecule has 20 heavy (non-hydrogen) atoms. The number of thiophene rings is 1. The van der Waals surface area contributed by atoms with Gasteiger partial charge < -0.3 is 15.0 Å². The zero-order chi connectivity index (χ0) is 15.1. The molecule has 0 radical (unpaired) electrons. The quantitative estimate of drug-likeness (QED) is 0.749. The first-order valence-electron chi connectivity index (χ1n) is 6.80. The number of carbonyl (C=O) groups is 1. The number of hydrogen-bond acceptors (Lipinski definition) is 5. The fourth-order valence-corrected chi connectivity index (χ4v) is 3.92. The van der Waals surface area contributed by atoms with Crippen LogP contribution in [0.4, 0.5) is 0 Å². The van der Waals surface area contributed by atoms with Crippen molar-refractivity contribution < 1.29 is 9.53 Å². The molecular weight excluding hydrogens is 292 g/mol. The SMILES string of the molecule is CCN(CC)CCNC(=O)c1sc(SC)c(C)c1OC. The van der Waals surface area contributed by atoms with Crippen LogP contribution in [0.25, 0.3) is 0 Å². The van der Waals surface area contributed by atoms with Gasteiger partial charge in [-0.25, -0.2) is 0 Å². The highest BCUT2D eigenvalue weighted by atomic mass is 32.2. The maximum Gasteiger partial charge on any atom is 0.265 e. The van der Waals surface area contributed by atoms with Gasteiger partial charge in [-0.15, -0.1) is 23.1 Å². The number of likely N-dealkylation sites (N-methyl/N-ethyl adjacent to an activating group) is 1. The van der Waals surface area contributed by atoms with Gasteiger partial charge in [0.1, 0.15) is 10.6 Å². The second kappa shape index (κ2) is 8.54. The summed E-state index contributed by atoms with van der Waals surface area (Å²) in [7, 11) is 1.62. The van der Waals surface area contributed by atoms with Crippen LogP contribution in [-0.4, -0.2) is 50.4 Å². The number of amides is 1. The zero-order valence-electron chi connectivity index (χ0n) is 12.9. The Balaban J connectivity index is 2.68. The van der Waals surface area contributed by atoms with Crippen molar-refractivity contribution in [2.45, 2.75) is 25.0 Å². The summed E-state index contributed by atoms with van der Waals surface area (Å²) in [5.41, 5.74) is 1.05. The van der Waals surface area contributed by atoms with E-state index in [-0.39, 0.29) is 5.91 Å². The number of methoxy groups -OCH3 is 1. The van der Waals surface area contributed by atoms with Crippen molar-refractivity contribution in [2.24, 2.45) is 0 Å². The van der Waals surface area contributed by atoms with Gasteiger partial charge in [-0.05, 0) is 26.3 Å². The summed E-state index contributed by atoms with van der Waals surface area (Å²) in [6, 6.07) is 0. The lowest BCUT2D eigenvalue weighted by Crippen LogP contribution is -2.34. The molecule has 0 fully saturated rings. The molecule has 0 aromatic carbocycles. The number of rotatable bonds is 8. The van der Waals surface area contributed by atoms with E-state index in [0.717, 1.165) is 29.4 Å².